The molecule has 10 nitrogen and oxygen atoms in total. The Morgan fingerprint density at radius 2 is 1.88 bits per heavy atom. The summed E-state index contributed by atoms with van der Waals surface area (Å²) in [4.78, 5) is 28.6. The maximum atomic E-state index is 11.1. The van der Waals surface area contributed by atoms with E-state index in [1.165, 1.54) is 18.0 Å². The first-order chi connectivity index (χ1) is 16.0. The number of ether oxygens (including phenoxy) is 2. The van der Waals surface area contributed by atoms with Crippen molar-refractivity contribution < 1.29 is 14.4 Å². The lowest BCUT2D eigenvalue weighted by atomic mass is 10.1. The third-order valence-electron chi connectivity index (χ3n) is 5.12. The van der Waals surface area contributed by atoms with Gasteiger partial charge in [-0.1, -0.05) is 12.1 Å². The standard InChI is InChI=1S/C22H24N6O4S/c1-26(2)16-6-4-15(5-7-16)21-18(33-20-14-23-13-19(24-20)28(29)30)12-17(31-3)22(25-21)27-8-10-32-11-9-27/h4-7,12-14H,8-11H2,1-3H3. The van der Waals surface area contributed by atoms with Gasteiger partial charge >= 0.3 is 5.82 Å². The number of morpholine rings is 1. The van der Waals surface area contributed by atoms with Gasteiger partial charge in [-0.2, -0.15) is 0 Å². The van der Waals surface area contributed by atoms with Crippen LogP contribution in [0, 0.1) is 10.1 Å². The highest BCUT2D eigenvalue weighted by Gasteiger charge is 2.23. The summed E-state index contributed by atoms with van der Waals surface area (Å²) in [5, 5.41) is 11.5. The van der Waals surface area contributed by atoms with Crippen LogP contribution in [0.3, 0.4) is 0 Å². The summed E-state index contributed by atoms with van der Waals surface area (Å²) in [5.74, 6) is 1.05. The molecule has 1 aliphatic heterocycles. The predicted octanol–water partition coefficient (Wildman–Crippen LogP) is 3.51. The number of methoxy groups -OCH3 is 1. The van der Waals surface area contributed by atoms with Crippen molar-refractivity contribution in [2.24, 2.45) is 0 Å². The topological polar surface area (TPSA) is 107 Å². The van der Waals surface area contributed by atoms with Gasteiger partial charge in [-0.05, 0) is 33.8 Å². The molecule has 0 amide bonds. The van der Waals surface area contributed by atoms with Crippen LogP contribution in [-0.4, -0.2) is 67.4 Å². The van der Waals surface area contributed by atoms with Crippen molar-refractivity contribution in [1.29, 1.82) is 0 Å². The fraction of sp³-hybridized carbons (Fsp3) is 0.318. The van der Waals surface area contributed by atoms with Gasteiger partial charge in [-0.15, -0.1) is 0 Å². The molecule has 1 aromatic carbocycles. The number of benzene rings is 1. The zero-order chi connectivity index (χ0) is 23.4. The van der Waals surface area contributed by atoms with E-state index in [2.05, 4.69) is 14.9 Å². The first-order valence-electron chi connectivity index (χ1n) is 10.3. The zero-order valence-corrected chi connectivity index (χ0v) is 19.4. The van der Waals surface area contributed by atoms with Crippen molar-refractivity contribution >= 4 is 29.1 Å². The fourth-order valence-electron chi connectivity index (χ4n) is 3.41. The van der Waals surface area contributed by atoms with Crippen molar-refractivity contribution in [1.82, 2.24) is 15.0 Å². The lowest BCUT2D eigenvalue weighted by Crippen LogP contribution is -2.37. The summed E-state index contributed by atoms with van der Waals surface area (Å²) >= 11 is 1.26. The van der Waals surface area contributed by atoms with Gasteiger partial charge in [0.25, 0.3) is 0 Å². The van der Waals surface area contributed by atoms with Gasteiger partial charge < -0.3 is 29.4 Å². The molecule has 33 heavy (non-hydrogen) atoms. The molecule has 3 heterocycles. The first kappa shape index (κ1) is 22.7. The average Bonchev–Trinajstić information content (AvgIpc) is 2.84. The van der Waals surface area contributed by atoms with E-state index in [9.17, 15) is 10.1 Å². The summed E-state index contributed by atoms with van der Waals surface area (Å²) in [5.41, 5.74) is 2.72. The maximum Gasteiger partial charge on any atom is 0.383 e. The molecule has 0 spiro atoms. The molecule has 3 aromatic rings. The fourth-order valence-corrected chi connectivity index (χ4v) is 4.31. The van der Waals surface area contributed by atoms with Crippen molar-refractivity contribution in [2.45, 2.75) is 9.92 Å². The van der Waals surface area contributed by atoms with Crippen LogP contribution in [0.1, 0.15) is 0 Å². The molecule has 11 heteroatoms. The minimum Gasteiger partial charge on any atom is -0.493 e. The molecule has 1 fully saturated rings. The Hall–Kier alpha value is -3.44. The van der Waals surface area contributed by atoms with Gasteiger partial charge in [0.05, 0.1) is 32.2 Å². The highest BCUT2D eigenvalue weighted by molar-refractivity contribution is 7.99. The normalized spacial score (nSPS) is 13.6. The number of aromatic nitrogens is 3. The molecular weight excluding hydrogens is 444 g/mol. The van der Waals surface area contributed by atoms with Crippen LogP contribution in [0.4, 0.5) is 17.3 Å². The van der Waals surface area contributed by atoms with Crippen LogP contribution in [0.2, 0.25) is 0 Å². The molecule has 0 N–H and O–H groups in total. The van der Waals surface area contributed by atoms with Crippen LogP contribution in [0.25, 0.3) is 11.3 Å². The number of rotatable bonds is 7. The Morgan fingerprint density at radius 1 is 1.15 bits per heavy atom. The minimum absolute atomic E-state index is 0.304. The van der Waals surface area contributed by atoms with E-state index in [1.54, 1.807) is 7.11 Å². The molecule has 1 aliphatic rings. The van der Waals surface area contributed by atoms with Gasteiger partial charge in [0.15, 0.2) is 11.6 Å². The van der Waals surface area contributed by atoms with Gasteiger partial charge in [0, 0.05) is 49.4 Å². The third kappa shape index (κ3) is 5.15. The smallest absolute Gasteiger partial charge is 0.383 e. The number of hydrogen-bond acceptors (Lipinski definition) is 10. The van der Waals surface area contributed by atoms with E-state index in [4.69, 9.17) is 14.5 Å². The molecule has 4 rings (SSSR count). The second-order valence-corrected chi connectivity index (χ2v) is 8.54. The van der Waals surface area contributed by atoms with Crippen molar-refractivity contribution in [3.63, 3.8) is 0 Å². The molecule has 0 aliphatic carbocycles. The van der Waals surface area contributed by atoms with Crippen LogP contribution in [-0.2, 0) is 4.74 Å². The summed E-state index contributed by atoms with van der Waals surface area (Å²) in [6.07, 6.45) is 2.63. The van der Waals surface area contributed by atoms with Gasteiger partial charge in [0.1, 0.15) is 6.20 Å². The summed E-state index contributed by atoms with van der Waals surface area (Å²) in [6, 6.07) is 9.97. The molecule has 0 unspecified atom stereocenters. The Kier molecular flexibility index (Phi) is 6.90. The van der Waals surface area contributed by atoms with Crippen LogP contribution in [0.5, 0.6) is 5.75 Å². The predicted molar refractivity (Wildman–Crippen MR) is 126 cm³/mol. The van der Waals surface area contributed by atoms with Gasteiger partial charge in [-0.3, -0.25) is 4.98 Å². The first-order valence-corrected chi connectivity index (χ1v) is 11.1. The largest absolute Gasteiger partial charge is 0.493 e. The van der Waals surface area contributed by atoms with Gasteiger partial charge in [0.2, 0.25) is 5.03 Å². The Morgan fingerprint density at radius 3 is 2.52 bits per heavy atom. The summed E-state index contributed by atoms with van der Waals surface area (Å²) in [7, 11) is 5.58. The van der Waals surface area contributed by atoms with Crippen molar-refractivity contribution in [2.75, 3.05) is 57.3 Å². The number of anilines is 2. The van der Waals surface area contributed by atoms with Crippen LogP contribution >= 0.6 is 11.8 Å². The number of hydrogen-bond donors (Lipinski definition) is 0. The zero-order valence-electron chi connectivity index (χ0n) is 18.6. The second kappa shape index (κ2) is 10.0. The lowest BCUT2D eigenvalue weighted by Gasteiger charge is -2.29. The lowest BCUT2D eigenvalue weighted by molar-refractivity contribution is -0.390. The molecule has 0 saturated carbocycles. The number of pyridine rings is 1. The SMILES string of the molecule is COc1cc(Sc2cncc([N+](=O)[O-])n2)c(-c2ccc(N(C)C)cc2)nc1N1CCOCC1. The van der Waals surface area contributed by atoms with E-state index in [0.29, 0.717) is 37.1 Å². The molecule has 172 valence electrons. The third-order valence-corrected chi connectivity index (χ3v) is 6.06. The van der Waals surface area contributed by atoms with E-state index in [0.717, 1.165) is 33.9 Å². The maximum absolute atomic E-state index is 11.1. The van der Waals surface area contributed by atoms with E-state index < -0.39 is 4.92 Å². The van der Waals surface area contributed by atoms with Crippen LogP contribution < -0.4 is 14.5 Å². The summed E-state index contributed by atoms with van der Waals surface area (Å²) < 4.78 is 11.2. The summed E-state index contributed by atoms with van der Waals surface area (Å²) in [6.45, 7) is 2.67. The average molecular weight is 469 g/mol. The van der Waals surface area contributed by atoms with E-state index in [-0.39, 0.29) is 5.82 Å². The van der Waals surface area contributed by atoms with E-state index >= 15 is 0 Å². The molecule has 0 atom stereocenters. The van der Waals surface area contributed by atoms with Crippen LogP contribution in [0.15, 0.2) is 52.6 Å². The molecular formula is C22H24N6O4S. The minimum atomic E-state index is -0.557. The number of nitrogens with zero attached hydrogens (tertiary/aromatic N) is 6. The molecule has 0 bridgehead atoms. The number of nitro groups is 1. The second-order valence-electron chi connectivity index (χ2n) is 7.48. The van der Waals surface area contributed by atoms with Gasteiger partial charge in [-0.25, -0.2) is 4.98 Å². The quantitative estimate of drug-likeness (QED) is 0.378. The van der Waals surface area contributed by atoms with Crippen molar-refractivity contribution in [3.05, 3.63) is 52.8 Å². The highest BCUT2D eigenvalue weighted by Crippen LogP contribution is 2.41. The molecule has 0 radical (unpaired) electrons. The monoisotopic (exact) mass is 468 g/mol. The Labute approximate surface area is 195 Å². The Bertz CT molecular complexity index is 1140. The molecule has 1 saturated heterocycles. The van der Waals surface area contributed by atoms with E-state index in [1.807, 2.05) is 49.3 Å². The Balaban J connectivity index is 1.81. The van der Waals surface area contributed by atoms with Crippen molar-refractivity contribution in [3.8, 4) is 17.0 Å². The highest BCUT2D eigenvalue weighted by atomic mass is 32.2. The molecule has 2 aromatic heterocycles.